The van der Waals surface area contributed by atoms with Crippen molar-refractivity contribution in [2.45, 2.75) is 12.5 Å². The fourth-order valence-electron chi connectivity index (χ4n) is 3.81. The largest absolute Gasteiger partial charge is 0.497 e. The van der Waals surface area contributed by atoms with Gasteiger partial charge in [0.2, 0.25) is 0 Å². The van der Waals surface area contributed by atoms with Gasteiger partial charge in [-0.05, 0) is 43.7 Å². The van der Waals surface area contributed by atoms with E-state index in [1.165, 1.54) is 13.0 Å². The Morgan fingerprint density at radius 1 is 1.00 bits per heavy atom. The highest BCUT2D eigenvalue weighted by atomic mass is 16.5. The first kappa shape index (κ1) is 15.3. The van der Waals surface area contributed by atoms with E-state index >= 15 is 0 Å². The van der Waals surface area contributed by atoms with Crippen LogP contribution in [-0.2, 0) is 0 Å². The van der Waals surface area contributed by atoms with Gasteiger partial charge in [-0.2, -0.15) is 0 Å². The minimum atomic E-state index is 0.662. The topological polar surface area (TPSA) is 37.8 Å². The average molecular weight is 325 g/mol. The standard InChI is InChI=1S/C19H23N3O2/c1-21-11-14-7-16(21)13-22(12-14)15-8-19(10-20-9-15)24-18-5-3-17(23-2)4-6-18/h3-6,8-10,14,16H,7,11-13H2,1-2H3. The zero-order valence-electron chi connectivity index (χ0n) is 14.2. The molecule has 5 nitrogen and oxygen atoms in total. The van der Waals surface area contributed by atoms with Crippen LogP contribution in [0.3, 0.4) is 0 Å². The Bertz CT molecular complexity index is 702. The Labute approximate surface area is 142 Å². The molecule has 1 aromatic carbocycles. The molecule has 0 N–H and O–H groups in total. The van der Waals surface area contributed by atoms with Crippen molar-refractivity contribution in [3.63, 3.8) is 0 Å². The molecule has 2 aliphatic rings. The van der Waals surface area contributed by atoms with E-state index < -0.39 is 0 Å². The lowest BCUT2D eigenvalue weighted by molar-refractivity contribution is 0.317. The maximum Gasteiger partial charge on any atom is 0.147 e. The molecule has 0 saturated carbocycles. The van der Waals surface area contributed by atoms with E-state index in [2.05, 4.69) is 27.9 Å². The third-order valence-electron chi connectivity index (χ3n) is 5.04. The normalized spacial score (nSPS) is 23.3. The maximum atomic E-state index is 5.94. The number of anilines is 1. The molecular weight excluding hydrogens is 302 g/mol. The van der Waals surface area contributed by atoms with Crippen LogP contribution in [0.15, 0.2) is 42.7 Å². The van der Waals surface area contributed by atoms with E-state index in [4.69, 9.17) is 9.47 Å². The van der Waals surface area contributed by atoms with Crippen LogP contribution in [0.4, 0.5) is 5.69 Å². The van der Waals surface area contributed by atoms with Crippen molar-refractivity contribution in [2.75, 3.05) is 38.7 Å². The summed E-state index contributed by atoms with van der Waals surface area (Å²) in [5, 5.41) is 0. The number of nitrogens with zero attached hydrogens (tertiary/aromatic N) is 3. The first-order chi connectivity index (χ1) is 11.7. The molecule has 2 unspecified atom stereocenters. The van der Waals surface area contributed by atoms with Gasteiger partial charge in [-0.15, -0.1) is 0 Å². The van der Waals surface area contributed by atoms with E-state index in [0.29, 0.717) is 6.04 Å². The molecule has 2 saturated heterocycles. The lowest BCUT2D eigenvalue weighted by atomic mass is 9.99. The number of hydrogen-bond acceptors (Lipinski definition) is 5. The summed E-state index contributed by atoms with van der Waals surface area (Å²) < 4.78 is 11.1. The average Bonchev–Trinajstić information content (AvgIpc) is 2.87. The number of fused-ring (bicyclic) bond motifs is 2. The zero-order chi connectivity index (χ0) is 16.5. The molecule has 0 aliphatic carbocycles. The van der Waals surface area contributed by atoms with Crippen molar-refractivity contribution in [1.82, 2.24) is 9.88 Å². The summed E-state index contributed by atoms with van der Waals surface area (Å²) in [7, 11) is 3.89. The second-order valence-electron chi connectivity index (χ2n) is 6.76. The van der Waals surface area contributed by atoms with Crippen molar-refractivity contribution in [3.8, 4) is 17.2 Å². The highest BCUT2D eigenvalue weighted by Crippen LogP contribution is 2.33. The molecule has 3 heterocycles. The summed E-state index contributed by atoms with van der Waals surface area (Å²) in [6.07, 6.45) is 5.02. The maximum absolute atomic E-state index is 5.94. The van der Waals surface area contributed by atoms with Gasteiger partial charge in [0.05, 0.1) is 25.2 Å². The number of methoxy groups -OCH3 is 1. The van der Waals surface area contributed by atoms with Gasteiger partial charge < -0.3 is 19.3 Å². The zero-order valence-corrected chi connectivity index (χ0v) is 14.2. The van der Waals surface area contributed by atoms with Crippen LogP contribution >= 0.6 is 0 Å². The summed E-state index contributed by atoms with van der Waals surface area (Å²) in [6.45, 7) is 3.38. The van der Waals surface area contributed by atoms with Crippen molar-refractivity contribution >= 4 is 5.69 Å². The molecule has 126 valence electrons. The molecule has 0 radical (unpaired) electrons. The van der Waals surface area contributed by atoms with Crippen LogP contribution < -0.4 is 14.4 Å². The second kappa shape index (κ2) is 6.32. The molecule has 0 amide bonds. The number of ether oxygens (including phenoxy) is 2. The molecule has 24 heavy (non-hydrogen) atoms. The molecule has 2 bridgehead atoms. The SMILES string of the molecule is COc1ccc(Oc2cncc(N3CC4CC(C3)N(C)C4)c2)cc1. The number of pyridine rings is 1. The van der Waals surface area contributed by atoms with E-state index in [1.54, 1.807) is 13.3 Å². The first-order valence-corrected chi connectivity index (χ1v) is 8.43. The summed E-state index contributed by atoms with van der Waals surface area (Å²) in [6, 6.07) is 10.3. The number of rotatable bonds is 4. The number of benzene rings is 1. The van der Waals surface area contributed by atoms with E-state index in [-0.39, 0.29) is 0 Å². The first-order valence-electron chi connectivity index (χ1n) is 8.43. The summed E-state index contributed by atoms with van der Waals surface area (Å²) >= 11 is 0. The molecule has 2 aromatic rings. The lowest BCUT2D eigenvalue weighted by Crippen LogP contribution is -2.41. The summed E-state index contributed by atoms with van der Waals surface area (Å²) in [5.41, 5.74) is 1.14. The molecule has 4 rings (SSSR count). The lowest BCUT2D eigenvalue weighted by Gasteiger charge is -2.33. The van der Waals surface area contributed by atoms with Crippen molar-refractivity contribution in [1.29, 1.82) is 0 Å². The van der Waals surface area contributed by atoms with Crippen LogP contribution in [-0.4, -0.2) is 49.7 Å². The molecular formula is C19H23N3O2. The molecule has 2 aliphatic heterocycles. The van der Waals surface area contributed by atoms with Crippen LogP contribution in [0.25, 0.3) is 0 Å². The van der Waals surface area contributed by atoms with Gasteiger partial charge in [0.25, 0.3) is 0 Å². The van der Waals surface area contributed by atoms with Crippen LogP contribution in [0, 0.1) is 5.92 Å². The van der Waals surface area contributed by atoms with E-state index in [0.717, 1.165) is 41.9 Å². The highest BCUT2D eigenvalue weighted by molar-refractivity contribution is 5.50. The number of hydrogen-bond donors (Lipinski definition) is 0. The van der Waals surface area contributed by atoms with E-state index in [1.807, 2.05) is 30.5 Å². The Morgan fingerprint density at radius 3 is 2.54 bits per heavy atom. The van der Waals surface area contributed by atoms with Crippen LogP contribution in [0.1, 0.15) is 6.42 Å². The fraction of sp³-hybridized carbons (Fsp3) is 0.421. The highest BCUT2D eigenvalue weighted by Gasteiger charge is 2.36. The van der Waals surface area contributed by atoms with Crippen molar-refractivity contribution < 1.29 is 9.47 Å². The van der Waals surface area contributed by atoms with Gasteiger partial charge >= 0.3 is 0 Å². The van der Waals surface area contributed by atoms with E-state index in [9.17, 15) is 0 Å². The van der Waals surface area contributed by atoms with Gasteiger partial charge in [0.1, 0.15) is 17.2 Å². The minimum absolute atomic E-state index is 0.662. The third-order valence-corrected chi connectivity index (χ3v) is 5.04. The van der Waals surface area contributed by atoms with Crippen molar-refractivity contribution in [2.24, 2.45) is 5.92 Å². The van der Waals surface area contributed by atoms with Gasteiger partial charge in [0, 0.05) is 31.7 Å². The Balaban J connectivity index is 1.49. The predicted molar refractivity (Wildman–Crippen MR) is 94.0 cm³/mol. The molecule has 0 spiro atoms. The van der Waals surface area contributed by atoms with Gasteiger partial charge in [-0.3, -0.25) is 4.98 Å². The van der Waals surface area contributed by atoms with Gasteiger partial charge in [-0.25, -0.2) is 0 Å². The predicted octanol–water partition coefficient (Wildman–Crippen LogP) is 3.02. The van der Waals surface area contributed by atoms with Crippen LogP contribution in [0.2, 0.25) is 0 Å². The minimum Gasteiger partial charge on any atom is -0.497 e. The molecule has 5 heteroatoms. The van der Waals surface area contributed by atoms with Gasteiger partial charge in [-0.1, -0.05) is 0 Å². The summed E-state index contributed by atoms with van der Waals surface area (Å²) in [4.78, 5) is 9.30. The Hall–Kier alpha value is -2.27. The Morgan fingerprint density at radius 2 is 1.79 bits per heavy atom. The summed E-state index contributed by atoms with van der Waals surface area (Å²) in [5.74, 6) is 3.14. The fourth-order valence-corrected chi connectivity index (χ4v) is 3.81. The van der Waals surface area contributed by atoms with Gasteiger partial charge in [0.15, 0.2) is 0 Å². The van der Waals surface area contributed by atoms with Crippen LogP contribution in [0.5, 0.6) is 17.2 Å². The number of aromatic nitrogens is 1. The molecule has 1 aromatic heterocycles. The Kier molecular flexibility index (Phi) is 4.02. The molecule has 2 atom stereocenters. The quantitative estimate of drug-likeness (QED) is 0.864. The number of piperidine rings is 1. The monoisotopic (exact) mass is 325 g/mol. The third kappa shape index (κ3) is 3.04. The number of likely N-dealkylation sites (tertiary alicyclic amines) is 1. The second-order valence-corrected chi connectivity index (χ2v) is 6.76. The smallest absolute Gasteiger partial charge is 0.147 e. The van der Waals surface area contributed by atoms with Crippen molar-refractivity contribution in [3.05, 3.63) is 42.7 Å². The number of likely N-dealkylation sites (N-methyl/N-ethyl adjacent to an activating group) is 1. The molecule has 2 fully saturated rings.